The molecule has 0 aliphatic carbocycles. The number of urea groups is 1. The summed E-state index contributed by atoms with van der Waals surface area (Å²) in [6, 6.07) is 8.66. The van der Waals surface area contributed by atoms with Crippen LogP contribution in [0.3, 0.4) is 0 Å². The van der Waals surface area contributed by atoms with Crippen molar-refractivity contribution in [2.75, 3.05) is 17.2 Å². The third kappa shape index (κ3) is 4.54. The molecule has 2 amide bonds. The van der Waals surface area contributed by atoms with E-state index in [2.05, 4.69) is 10.6 Å². The monoisotopic (exact) mass is 386 g/mol. The van der Waals surface area contributed by atoms with Gasteiger partial charge < -0.3 is 15.4 Å². The van der Waals surface area contributed by atoms with Crippen LogP contribution in [-0.2, 0) is 4.74 Å². The molecule has 2 aromatic carbocycles. The van der Waals surface area contributed by atoms with Gasteiger partial charge in [-0.2, -0.15) is 0 Å². The number of ether oxygens (including phenoxy) is 1. The van der Waals surface area contributed by atoms with Gasteiger partial charge in [-0.25, -0.2) is 9.59 Å². The fraction of sp³-hybridized carbons (Fsp3) is 0.125. The number of benzene rings is 2. The number of carbonyl (C=O) groups is 2. The summed E-state index contributed by atoms with van der Waals surface area (Å²) in [6.45, 7) is 1.90. The third-order valence-electron chi connectivity index (χ3n) is 2.93. The fourth-order valence-electron chi connectivity index (χ4n) is 1.89. The van der Waals surface area contributed by atoms with Gasteiger partial charge in [0.2, 0.25) is 0 Å². The Hall–Kier alpha value is -1.95. The van der Waals surface area contributed by atoms with Crippen LogP contribution in [0.25, 0.3) is 0 Å². The van der Waals surface area contributed by atoms with E-state index in [1.807, 2.05) is 0 Å². The van der Waals surface area contributed by atoms with Crippen molar-refractivity contribution in [2.45, 2.75) is 6.92 Å². The quantitative estimate of drug-likeness (QED) is 0.684. The van der Waals surface area contributed by atoms with Crippen LogP contribution in [-0.4, -0.2) is 18.6 Å². The van der Waals surface area contributed by atoms with Crippen molar-refractivity contribution >= 4 is 58.2 Å². The van der Waals surface area contributed by atoms with Gasteiger partial charge in [-0.1, -0.05) is 40.9 Å². The summed E-state index contributed by atoms with van der Waals surface area (Å²) in [4.78, 5) is 24.1. The fourth-order valence-corrected chi connectivity index (χ4v) is 2.56. The van der Waals surface area contributed by atoms with E-state index in [0.717, 1.165) is 0 Å². The molecule has 0 heterocycles. The lowest BCUT2D eigenvalue weighted by atomic mass is 10.2. The molecule has 2 rings (SSSR count). The van der Waals surface area contributed by atoms with Gasteiger partial charge in [-0.15, -0.1) is 0 Å². The second-order valence-electron chi connectivity index (χ2n) is 4.59. The summed E-state index contributed by atoms with van der Waals surface area (Å²) in [5, 5.41) is 6.00. The van der Waals surface area contributed by atoms with Crippen LogP contribution in [0.15, 0.2) is 36.4 Å². The summed E-state index contributed by atoms with van der Waals surface area (Å²) in [5.74, 6) is -0.569. The Bertz CT molecular complexity index is 761. The van der Waals surface area contributed by atoms with Crippen molar-refractivity contribution in [2.24, 2.45) is 0 Å². The van der Waals surface area contributed by atoms with E-state index in [-0.39, 0.29) is 33.6 Å². The van der Waals surface area contributed by atoms with Crippen LogP contribution in [0.4, 0.5) is 16.2 Å². The molecule has 0 aromatic heterocycles. The Labute approximate surface area is 153 Å². The lowest BCUT2D eigenvalue weighted by Gasteiger charge is -2.13. The SMILES string of the molecule is CCOC(=O)c1ccc(Cl)cc1NC(=O)Nc1c(Cl)cccc1Cl. The highest BCUT2D eigenvalue weighted by atomic mass is 35.5. The maximum atomic E-state index is 12.2. The zero-order valence-corrected chi connectivity index (χ0v) is 14.8. The maximum Gasteiger partial charge on any atom is 0.340 e. The summed E-state index contributed by atoms with van der Waals surface area (Å²) in [6.07, 6.45) is 0. The minimum absolute atomic E-state index is 0.182. The molecule has 0 atom stereocenters. The van der Waals surface area contributed by atoms with Crippen LogP contribution in [0, 0.1) is 0 Å². The summed E-state index contributed by atoms with van der Waals surface area (Å²) >= 11 is 17.9. The average molecular weight is 388 g/mol. The second kappa shape index (κ2) is 8.24. The highest BCUT2D eigenvalue weighted by molar-refractivity contribution is 6.39. The van der Waals surface area contributed by atoms with Crippen LogP contribution in [0.2, 0.25) is 15.1 Å². The van der Waals surface area contributed by atoms with Crippen molar-refractivity contribution in [3.8, 4) is 0 Å². The summed E-state index contributed by atoms with van der Waals surface area (Å²) in [7, 11) is 0. The number of carbonyl (C=O) groups excluding carboxylic acids is 2. The normalized spacial score (nSPS) is 10.2. The number of halogens is 3. The molecule has 0 aliphatic heterocycles. The number of rotatable bonds is 4. The average Bonchev–Trinajstić information content (AvgIpc) is 2.51. The van der Waals surface area contributed by atoms with E-state index < -0.39 is 12.0 Å². The largest absolute Gasteiger partial charge is 0.462 e. The molecule has 0 fully saturated rings. The van der Waals surface area contributed by atoms with E-state index in [4.69, 9.17) is 39.5 Å². The third-order valence-corrected chi connectivity index (χ3v) is 3.79. The number of hydrogen-bond acceptors (Lipinski definition) is 3. The Morgan fingerprint density at radius 2 is 1.71 bits per heavy atom. The van der Waals surface area contributed by atoms with Gasteiger partial charge in [0.25, 0.3) is 0 Å². The van der Waals surface area contributed by atoms with Gasteiger partial charge in [-0.3, -0.25) is 0 Å². The van der Waals surface area contributed by atoms with Crippen LogP contribution < -0.4 is 10.6 Å². The molecule has 0 aliphatic rings. The smallest absolute Gasteiger partial charge is 0.340 e. The van der Waals surface area contributed by atoms with Crippen molar-refractivity contribution < 1.29 is 14.3 Å². The van der Waals surface area contributed by atoms with Gasteiger partial charge in [0.1, 0.15) is 0 Å². The minimum Gasteiger partial charge on any atom is -0.462 e. The molecule has 0 radical (unpaired) electrons. The highest BCUT2D eigenvalue weighted by Gasteiger charge is 2.16. The number of nitrogens with one attached hydrogen (secondary N) is 2. The van der Waals surface area contributed by atoms with Gasteiger partial charge in [0.05, 0.1) is 33.6 Å². The van der Waals surface area contributed by atoms with Crippen molar-refractivity contribution in [3.05, 3.63) is 57.0 Å². The van der Waals surface area contributed by atoms with Gasteiger partial charge in [0.15, 0.2) is 0 Å². The second-order valence-corrected chi connectivity index (χ2v) is 5.84. The zero-order chi connectivity index (χ0) is 17.7. The molecule has 0 saturated carbocycles. The molecule has 2 N–H and O–H groups in total. The first-order chi connectivity index (χ1) is 11.4. The molecule has 5 nitrogen and oxygen atoms in total. The van der Waals surface area contributed by atoms with Crippen molar-refractivity contribution in [1.29, 1.82) is 0 Å². The molecular weight excluding hydrogens is 375 g/mol. The lowest BCUT2D eigenvalue weighted by molar-refractivity contribution is 0.0527. The van der Waals surface area contributed by atoms with Crippen LogP contribution in [0.1, 0.15) is 17.3 Å². The van der Waals surface area contributed by atoms with E-state index in [1.165, 1.54) is 18.2 Å². The van der Waals surface area contributed by atoms with Gasteiger partial charge in [-0.05, 0) is 37.3 Å². The number of hydrogen-bond donors (Lipinski definition) is 2. The van der Waals surface area contributed by atoms with E-state index in [9.17, 15) is 9.59 Å². The van der Waals surface area contributed by atoms with E-state index >= 15 is 0 Å². The maximum absolute atomic E-state index is 12.2. The Kier molecular flexibility index (Phi) is 6.31. The van der Waals surface area contributed by atoms with Crippen molar-refractivity contribution in [3.63, 3.8) is 0 Å². The zero-order valence-electron chi connectivity index (χ0n) is 12.5. The first-order valence-corrected chi connectivity index (χ1v) is 8.04. The first kappa shape index (κ1) is 18.4. The van der Waals surface area contributed by atoms with Crippen LogP contribution >= 0.6 is 34.8 Å². The van der Waals surface area contributed by atoms with Gasteiger partial charge in [0, 0.05) is 5.02 Å². The summed E-state index contributed by atoms with van der Waals surface area (Å²) < 4.78 is 4.95. The predicted molar refractivity (Wildman–Crippen MR) is 96.5 cm³/mol. The van der Waals surface area contributed by atoms with Crippen molar-refractivity contribution in [1.82, 2.24) is 0 Å². The topological polar surface area (TPSA) is 67.4 Å². The Balaban J connectivity index is 2.22. The predicted octanol–water partition coefficient (Wildman–Crippen LogP) is 5.47. The molecule has 8 heteroatoms. The molecular formula is C16H13Cl3N2O3. The molecule has 0 spiro atoms. The molecule has 0 bridgehead atoms. The summed E-state index contributed by atoms with van der Waals surface area (Å²) in [5.41, 5.74) is 0.654. The standard InChI is InChI=1S/C16H13Cl3N2O3/c1-2-24-15(22)10-7-6-9(17)8-13(10)20-16(23)21-14-11(18)4-3-5-12(14)19/h3-8H,2H2,1H3,(H2,20,21,23). The molecule has 24 heavy (non-hydrogen) atoms. The minimum atomic E-state index is -0.627. The lowest BCUT2D eigenvalue weighted by Crippen LogP contribution is -2.21. The van der Waals surface area contributed by atoms with Gasteiger partial charge >= 0.3 is 12.0 Å². The first-order valence-electron chi connectivity index (χ1n) is 6.91. The van der Waals surface area contributed by atoms with Crippen LogP contribution in [0.5, 0.6) is 0 Å². The number of amides is 2. The number of anilines is 2. The molecule has 0 saturated heterocycles. The number of esters is 1. The molecule has 2 aromatic rings. The Morgan fingerprint density at radius 1 is 1.04 bits per heavy atom. The molecule has 126 valence electrons. The van der Waals surface area contributed by atoms with E-state index in [1.54, 1.807) is 25.1 Å². The Morgan fingerprint density at radius 3 is 2.33 bits per heavy atom. The van der Waals surface area contributed by atoms with E-state index in [0.29, 0.717) is 5.02 Å². The molecule has 0 unspecified atom stereocenters. The number of para-hydroxylation sites is 1. The highest BCUT2D eigenvalue weighted by Crippen LogP contribution is 2.30.